The highest BCUT2D eigenvalue weighted by atomic mass is 16.5. The van der Waals surface area contributed by atoms with Gasteiger partial charge in [-0.05, 0) is 37.4 Å². The molecule has 1 aromatic carbocycles. The molecule has 1 saturated carbocycles. The van der Waals surface area contributed by atoms with Gasteiger partial charge in [0.2, 0.25) is 0 Å². The Labute approximate surface area is 121 Å². The van der Waals surface area contributed by atoms with E-state index in [2.05, 4.69) is 5.32 Å². The van der Waals surface area contributed by atoms with Gasteiger partial charge < -0.3 is 20.3 Å². The molecule has 1 aromatic rings. The van der Waals surface area contributed by atoms with Crippen LogP contribution in [0.15, 0.2) is 12.1 Å². The van der Waals surface area contributed by atoms with Crippen molar-refractivity contribution < 1.29 is 19.7 Å². The molecule has 5 nitrogen and oxygen atoms in total. The van der Waals surface area contributed by atoms with Crippen LogP contribution in [-0.2, 0) is 16.6 Å². The van der Waals surface area contributed by atoms with E-state index in [1.165, 1.54) is 0 Å². The van der Waals surface area contributed by atoms with Crippen LogP contribution in [0.4, 0.5) is 0 Å². The summed E-state index contributed by atoms with van der Waals surface area (Å²) in [7, 11) is 0. The van der Waals surface area contributed by atoms with E-state index < -0.39 is 17.1 Å². The van der Waals surface area contributed by atoms with Crippen molar-refractivity contribution in [3.63, 3.8) is 0 Å². The second-order valence-electron chi connectivity index (χ2n) is 6.77. The standard InChI is InChI=1S/C16H17NO4/c18-9-2-1-8-7-11-16(20)4-3-10(19)14-15(16,5-6-17-11)12(8)13(9)21-14/h1-2,11,14,17-18,20H,3-7H2/t11?,14-,15-,16-/m0/s1. The van der Waals surface area contributed by atoms with Crippen molar-refractivity contribution in [1.29, 1.82) is 0 Å². The minimum absolute atomic E-state index is 0.0452. The zero-order valence-electron chi connectivity index (χ0n) is 11.6. The van der Waals surface area contributed by atoms with Gasteiger partial charge in [-0.1, -0.05) is 6.07 Å². The topological polar surface area (TPSA) is 78.8 Å². The number of carbonyl (C=O) groups is 1. The van der Waals surface area contributed by atoms with Gasteiger partial charge in [0.05, 0.1) is 11.0 Å². The number of phenolic OH excluding ortho intramolecular Hbond substituents is 1. The SMILES string of the molecule is O=C1CC[C@]2(O)C3Cc4ccc(O)c5c4[C@@]2(CCN3)[C@H]1O5. The molecule has 2 heterocycles. The van der Waals surface area contributed by atoms with Crippen molar-refractivity contribution in [2.24, 2.45) is 0 Å². The van der Waals surface area contributed by atoms with Crippen molar-refractivity contribution in [2.75, 3.05) is 6.54 Å². The molecule has 2 bridgehead atoms. The number of Topliss-reactive ketones (excluding diaryl/α,β-unsaturated/α-hetero) is 1. The number of nitrogens with one attached hydrogen (secondary N) is 1. The number of aliphatic hydroxyl groups is 1. The van der Waals surface area contributed by atoms with E-state index in [0.717, 1.165) is 17.7 Å². The molecule has 5 heteroatoms. The van der Waals surface area contributed by atoms with Gasteiger partial charge in [-0.15, -0.1) is 0 Å². The molecule has 3 N–H and O–H groups in total. The average Bonchev–Trinajstić information content (AvgIpc) is 2.80. The molecule has 5 rings (SSSR count). The Morgan fingerprint density at radius 1 is 1.33 bits per heavy atom. The zero-order valence-corrected chi connectivity index (χ0v) is 11.6. The third kappa shape index (κ3) is 1.09. The second kappa shape index (κ2) is 3.42. The number of aromatic hydroxyl groups is 1. The number of ketones is 1. The molecule has 4 aliphatic rings. The van der Waals surface area contributed by atoms with Crippen LogP contribution >= 0.6 is 0 Å². The Morgan fingerprint density at radius 3 is 3.05 bits per heavy atom. The quantitative estimate of drug-likeness (QED) is 0.644. The van der Waals surface area contributed by atoms with Crippen LogP contribution < -0.4 is 10.1 Å². The molecule has 4 atom stereocenters. The van der Waals surface area contributed by atoms with Crippen LogP contribution in [0.25, 0.3) is 0 Å². The molecule has 1 saturated heterocycles. The van der Waals surface area contributed by atoms with Gasteiger partial charge in [0.15, 0.2) is 23.4 Å². The number of phenols is 1. The monoisotopic (exact) mass is 287 g/mol. The lowest BCUT2D eigenvalue weighted by molar-refractivity contribution is -0.166. The van der Waals surface area contributed by atoms with E-state index in [0.29, 0.717) is 31.4 Å². The molecule has 110 valence electrons. The second-order valence-corrected chi connectivity index (χ2v) is 6.77. The first-order chi connectivity index (χ1) is 10.1. The molecule has 1 spiro atoms. The highest BCUT2D eigenvalue weighted by Gasteiger charge is 2.71. The molecule has 0 aromatic heterocycles. The molecule has 2 aliphatic carbocycles. The Bertz CT molecular complexity index is 687. The molecule has 0 radical (unpaired) electrons. The molecular formula is C16H17NO4. The minimum atomic E-state index is -0.962. The van der Waals surface area contributed by atoms with Gasteiger partial charge in [-0.2, -0.15) is 0 Å². The number of ether oxygens (including phenoxy) is 1. The Morgan fingerprint density at radius 2 is 2.19 bits per heavy atom. The number of rotatable bonds is 0. The maximum atomic E-state index is 12.4. The van der Waals surface area contributed by atoms with Crippen LogP contribution in [0.5, 0.6) is 11.5 Å². The van der Waals surface area contributed by atoms with E-state index >= 15 is 0 Å². The summed E-state index contributed by atoms with van der Waals surface area (Å²) in [6.45, 7) is 0.759. The maximum absolute atomic E-state index is 12.4. The summed E-state index contributed by atoms with van der Waals surface area (Å²) in [5.41, 5.74) is 0.332. The summed E-state index contributed by atoms with van der Waals surface area (Å²) in [6.07, 6.45) is 1.54. The van der Waals surface area contributed by atoms with E-state index in [4.69, 9.17) is 4.74 Å². The van der Waals surface area contributed by atoms with Gasteiger partial charge >= 0.3 is 0 Å². The van der Waals surface area contributed by atoms with Crippen molar-refractivity contribution in [3.8, 4) is 11.5 Å². The molecule has 2 fully saturated rings. The van der Waals surface area contributed by atoms with E-state index in [-0.39, 0.29) is 17.6 Å². The molecule has 1 unspecified atom stereocenters. The smallest absolute Gasteiger partial charge is 0.174 e. The summed E-state index contributed by atoms with van der Waals surface area (Å²) in [4.78, 5) is 12.4. The van der Waals surface area contributed by atoms with E-state index in [9.17, 15) is 15.0 Å². The molecule has 21 heavy (non-hydrogen) atoms. The fourth-order valence-corrected chi connectivity index (χ4v) is 5.22. The van der Waals surface area contributed by atoms with Gasteiger partial charge in [-0.3, -0.25) is 4.79 Å². The predicted molar refractivity (Wildman–Crippen MR) is 73.5 cm³/mol. The Kier molecular flexibility index (Phi) is 1.95. The largest absolute Gasteiger partial charge is 0.504 e. The lowest BCUT2D eigenvalue weighted by Crippen LogP contribution is -2.76. The number of benzene rings is 1. The number of piperidine rings is 1. The average molecular weight is 287 g/mol. The summed E-state index contributed by atoms with van der Waals surface area (Å²) in [5.74, 6) is 0.542. The number of hydrogen-bond donors (Lipinski definition) is 3. The summed E-state index contributed by atoms with van der Waals surface area (Å²) in [6, 6.07) is 3.49. The molecule has 0 amide bonds. The van der Waals surface area contributed by atoms with Crippen LogP contribution in [-0.4, -0.2) is 40.3 Å². The van der Waals surface area contributed by atoms with Gasteiger partial charge in [0.25, 0.3) is 0 Å². The highest BCUT2D eigenvalue weighted by molar-refractivity contribution is 5.90. The first-order valence-corrected chi connectivity index (χ1v) is 7.58. The van der Waals surface area contributed by atoms with Crippen molar-refractivity contribution >= 4 is 5.78 Å². The normalized spacial score (nSPS) is 42.4. The summed E-state index contributed by atoms with van der Waals surface area (Å²) in [5, 5.41) is 25.0. The third-order valence-electron chi connectivity index (χ3n) is 6.08. The fraction of sp³-hybridized carbons (Fsp3) is 0.562. The number of carbonyl (C=O) groups excluding carboxylic acids is 1. The van der Waals surface area contributed by atoms with Crippen LogP contribution in [0.3, 0.4) is 0 Å². The first-order valence-electron chi connectivity index (χ1n) is 7.58. The van der Waals surface area contributed by atoms with Crippen LogP contribution in [0.1, 0.15) is 30.4 Å². The van der Waals surface area contributed by atoms with E-state index in [1.54, 1.807) is 6.07 Å². The first kappa shape index (κ1) is 12.0. The minimum Gasteiger partial charge on any atom is -0.504 e. The van der Waals surface area contributed by atoms with Crippen LogP contribution in [0, 0.1) is 0 Å². The molecule has 2 aliphatic heterocycles. The summed E-state index contributed by atoms with van der Waals surface area (Å²) >= 11 is 0. The summed E-state index contributed by atoms with van der Waals surface area (Å²) < 4.78 is 5.90. The third-order valence-corrected chi connectivity index (χ3v) is 6.08. The number of hydrogen-bond acceptors (Lipinski definition) is 5. The predicted octanol–water partition coefficient (Wildman–Crippen LogP) is 0.403. The Balaban J connectivity index is 1.89. The fourth-order valence-electron chi connectivity index (χ4n) is 5.22. The van der Waals surface area contributed by atoms with Crippen molar-refractivity contribution in [2.45, 2.75) is 48.8 Å². The maximum Gasteiger partial charge on any atom is 0.174 e. The van der Waals surface area contributed by atoms with Gasteiger partial charge in [0.1, 0.15) is 0 Å². The van der Waals surface area contributed by atoms with Crippen molar-refractivity contribution in [1.82, 2.24) is 5.32 Å². The zero-order chi connectivity index (χ0) is 14.4. The van der Waals surface area contributed by atoms with E-state index in [1.807, 2.05) is 6.07 Å². The van der Waals surface area contributed by atoms with Crippen molar-refractivity contribution in [3.05, 3.63) is 23.3 Å². The van der Waals surface area contributed by atoms with Crippen LogP contribution in [0.2, 0.25) is 0 Å². The van der Waals surface area contributed by atoms with Gasteiger partial charge in [-0.25, -0.2) is 0 Å². The lowest BCUT2D eigenvalue weighted by Gasteiger charge is -2.59. The molecular weight excluding hydrogens is 270 g/mol. The highest BCUT2D eigenvalue weighted by Crippen LogP contribution is 2.63. The Hall–Kier alpha value is -1.59. The lowest BCUT2D eigenvalue weighted by atomic mass is 9.49. The van der Waals surface area contributed by atoms with Gasteiger partial charge in [0, 0.05) is 18.0 Å².